The van der Waals surface area contributed by atoms with Gasteiger partial charge in [-0.05, 0) is 24.6 Å². The van der Waals surface area contributed by atoms with Gasteiger partial charge in [0.25, 0.3) is 11.8 Å². The molecule has 1 aliphatic heterocycles. The molecule has 0 radical (unpaired) electrons. The van der Waals surface area contributed by atoms with E-state index in [1.807, 2.05) is 6.92 Å². The second-order valence-corrected chi connectivity index (χ2v) is 3.85. The van der Waals surface area contributed by atoms with Gasteiger partial charge in [-0.2, -0.15) is 0 Å². The minimum atomic E-state index is -0.346. The lowest BCUT2D eigenvalue weighted by Gasteiger charge is -2.12. The maximum Gasteiger partial charge on any atom is 0.261 e. The predicted molar refractivity (Wildman–Crippen MR) is 62.8 cm³/mol. The summed E-state index contributed by atoms with van der Waals surface area (Å²) in [7, 11) is 0. The highest BCUT2D eigenvalue weighted by atomic mass is 16.3. The van der Waals surface area contributed by atoms with Crippen molar-refractivity contribution in [1.29, 1.82) is 0 Å². The lowest BCUT2D eigenvalue weighted by Crippen LogP contribution is -2.31. The number of benzene rings is 1. The van der Waals surface area contributed by atoms with E-state index in [9.17, 15) is 14.7 Å². The number of carbonyl (C=O) groups is 2. The van der Waals surface area contributed by atoms with E-state index in [1.165, 1.54) is 0 Å². The molecule has 1 N–H and O–H groups in total. The van der Waals surface area contributed by atoms with Crippen LogP contribution in [0.5, 0.6) is 0 Å². The Labute approximate surface area is 99.2 Å². The second kappa shape index (κ2) is 4.41. The number of nitrogens with zero attached hydrogens (tertiary/aromatic N) is 1. The average molecular weight is 231 g/mol. The summed E-state index contributed by atoms with van der Waals surface area (Å²) in [5.41, 5.74) is 0.809. The number of hydrogen-bond donors (Lipinski definition) is 1. The van der Waals surface area contributed by atoms with Crippen molar-refractivity contribution in [2.24, 2.45) is 0 Å². The first-order valence-corrected chi connectivity index (χ1v) is 5.48. The Morgan fingerprint density at radius 3 is 2.24 bits per heavy atom. The van der Waals surface area contributed by atoms with E-state index in [0.717, 1.165) is 4.90 Å². The summed E-state index contributed by atoms with van der Waals surface area (Å²) in [4.78, 5) is 24.9. The molecule has 2 rings (SSSR count). The van der Waals surface area contributed by atoms with Gasteiger partial charge in [-0.25, -0.2) is 0 Å². The van der Waals surface area contributed by atoms with E-state index in [0.29, 0.717) is 17.5 Å². The molecular weight excluding hydrogens is 218 g/mol. The first kappa shape index (κ1) is 11.4. The minimum absolute atomic E-state index is 0.0435. The van der Waals surface area contributed by atoms with Crippen LogP contribution in [0, 0.1) is 0 Å². The number of aliphatic hydroxyl groups is 1. The zero-order valence-electron chi connectivity index (χ0n) is 9.51. The summed E-state index contributed by atoms with van der Waals surface area (Å²) >= 11 is 0. The maximum atomic E-state index is 11.9. The van der Waals surface area contributed by atoms with Gasteiger partial charge < -0.3 is 5.11 Å². The van der Waals surface area contributed by atoms with Crippen molar-refractivity contribution in [3.8, 4) is 0 Å². The van der Waals surface area contributed by atoms with E-state index in [4.69, 9.17) is 0 Å². The molecular formula is C13H13NO3. The second-order valence-electron chi connectivity index (χ2n) is 3.85. The van der Waals surface area contributed by atoms with Crippen LogP contribution < -0.4 is 0 Å². The Morgan fingerprint density at radius 1 is 1.24 bits per heavy atom. The molecule has 4 nitrogen and oxygen atoms in total. The van der Waals surface area contributed by atoms with E-state index >= 15 is 0 Å². The summed E-state index contributed by atoms with van der Waals surface area (Å²) in [6, 6.07) is 6.68. The van der Waals surface area contributed by atoms with Crippen molar-refractivity contribution in [1.82, 2.24) is 4.90 Å². The third-order valence-electron chi connectivity index (χ3n) is 2.64. The molecule has 0 unspecified atom stereocenters. The van der Waals surface area contributed by atoms with E-state index in [2.05, 4.69) is 0 Å². The lowest BCUT2D eigenvalue weighted by molar-refractivity contribution is 0.0651. The van der Waals surface area contributed by atoms with Crippen LogP contribution in [0.4, 0.5) is 0 Å². The number of rotatable bonds is 3. The molecule has 88 valence electrons. The number of hydrogen-bond acceptors (Lipinski definition) is 3. The molecule has 2 amide bonds. The van der Waals surface area contributed by atoms with Crippen LogP contribution >= 0.6 is 0 Å². The highest BCUT2D eigenvalue weighted by Crippen LogP contribution is 2.22. The SMILES string of the molecule is CCC=C(O)CN1C(=O)c2ccccc2C1=O. The minimum Gasteiger partial charge on any atom is -0.511 e. The fourth-order valence-corrected chi connectivity index (χ4v) is 1.84. The molecule has 1 aromatic carbocycles. The number of carbonyl (C=O) groups excluding carboxylic acids is 2. The molecule has 0 spiro atoms. The van der Waals surface area contributed by atoms with Gasteiger partial charge in [0.05, 0.1) is 17.7 Å². The van der Waals surface area contributed by atoms with Crippen LogP contribution in [0.25, 0.3) is 0 Å². The Hall–Kier alpha value is -2.10. The molecule has 0 saturated heterocycles. The summed E-state index contributed by atoms with van der Waals surface area (Å²) in [5, 5.41) is 9.54. The van der Waals surface area contributed by atoms with Crippen molar-refractivity contribution in [2.45, 2.75) is 13.3 Å². The zero-order chi connectivity index (χ0) is 12.4. The topological polar surface area (TPSA) is 57.6 Å². The molecule has 0 aliphatic carbocycles. The van der Waals surface area contributed by atoms with E-state index in [1.54, 1.807) is 30.3 Å². The van der Waals surface area contributed by atoms with Crippen molar-refractivity contribution in [3.63, 3.8) is 0 Å². The molecule has 0 bridgehead atoms. The van der Waals surface area contributed by atoms with Gasteiger partial charge in [-0.3, -0.25) is 14.5 Å². The molecule has 17 heavy (non-hydrogen) atoms. The van der Waals surface area contributed by atoms with Gasteiger partial charge in [0.2, 0.25) is 0 Å². The van der Waals surface area contributed by atoms with Crippen LogP contribution in [-0.4, -0.2) is 28.4 Å². The number of amides is 2. The Balaban J connectivity index is 2.28. The normalized spacial score (nSPS) is 15.4. The summed E-state index contributed by atoms with van der Waals surface area (Å²) in [6.45, 7) is 1.82. The van der Waals surface area contributed by atoms with E-state index in [-0.39, 0.29) is 24.1 Å². The van der Waals surface area contributed by atoms with Crippen molar-refractivity contribution in [3.05, 3.63) is 47.2 Å². The van der Waals surface area contributed by atoms with E-state index < -0.39 is 0 Å². The molecule has 0 saturated carbocycles. The Bertz CT molecular complexity index is 470. The molecule has 0 fully saturated rings. The molecule has 4 heteroatoms. The highest BCUT2D eigenvalue weighted by Gasteiger charge is 2.35. The molecule has 0 atom stereocenters. The largest absolute Gasteiger partial charge is 0.511 e. The average Bonchev–Trinajstić information content (AvgIpc) is 2.56. The third kappa shape index (κ3) is 1.93. The van der Waals surface area contributed by atoms with Gasteiger partial charge in [0.1, 0.15) is 5.76 Å². The standard InChI is InChI=1S/C13H13NO3/c1-2-5-9(15)8-14-12(16)10-6-3-4-7-11(10)13(14)17/h3-7,15H,2,8H2,1H3. The van der Waals surface area contributed by atoms with Crippen LogP contribution in [0.3, 0.4) is 0 Å². The van der Waals surface area contributed by atoms with Gasteiger partial charge >= 0.3 is 0 Å². The first-order chi connectivity index (χ1) is 8.15. The summed E-state index contributed by atoms with van der Waals surface area (Å²) in [6.07, 6.45) is 2.25. The Kier molecular flexibility index (Phi) is 2.95. The van der Waals surface area contributed by atoms with Crippen LogP contribution in [-0.2, 0) is 0 Å². The molecule has 1 aromatic rings. The Morgan fingerprint density at radius 2 is 1.76 bits per heavy atom. The van der Waals surface area contributed by atoms with Crippen LogP contribution in [0.1, 0.15) is 34.1 Å². The number of aliphatic hydroxyl groups excluding tert-OH is 1. The fourth-order valence-electron chi connectivity index (χ4n) is 1.84. The van der Waals surface area contributed by atoms with Gasteiger partial charge in [-0.1, -0.05) is 19.1 Å². The first-order valence-electron chi connectivity index (χ1n) is 5.48. The van der Waals surface area contributed by atoms with Crippen molar-refractivity contribution >= 4 is 11.8 Å². The van der Waals surface area contributed by atoms with Gasteiger partial charge in [0, 0.05) is 0 Å². The van der Waals surface area contributed by atoms with Crippen LogP contribution in [0.2, 0.25) is 0 Å². The highest BCUT2D eigenvalue weighted by molar-refractivity contribution is 6.21. The third-order valence-corrected chi connectivity index (χ3v) is 2.64. The number of allylic oxidation sites excluding steroid dienone is 1. The quantitative estimate of drug-likeness (QED) is 0.640. The van der Waals surface area contributed by atoms with Gasteiger partial charge in [0.15, 0.2) is 0 Å². The molecule has 1 heterocycles. The smallest absolute Gasteiger partial charge is 0.261 e. The van der Waals surface area contributed by atoms with Crippen molar-refractivity contribution < 1.29 is 14.7 Å². The predicted octanol–water partition coefficient (Wildman–Crippen LogP) is 2.13. The number of fused-ring (bicyclic) bond motifs is 1. The maximum absolute atomic E-state index is 11.9. The van der Waals surface area contributed by atoms with Gasteiger partial charge in [-0.15, -0.1) is 0 Å². The summed E-state index contributed by atoms with van der Waals surface area (Å²) < 4.78 is 0. The molecule has 1 aliphatic rings. The fraction of sp³-hybridized carbons (Fsp3) is 0.231. The monoisotopic (exact) mass is 231 g/mol. The molecule has 0 aromatic heterocycles. The zero-order valence-corrected chi connectivity index (χ0v) is 9.51. The van der Waals surface area contributed by atoms with Crippen LogP contribution in [0.15, 0.2) is 36.1 Å². The summed E-state index contributed by atoms with van der Waals surface area (Å²) in [5.74, 6) is -0.648. The van der Waals surface area contributed by atoms with Crippen molar-refractivity contribution in [2.75, 3.05) is 6.54 Å². The number of imide groups is 1. The lowest BCUT2D eigenvalue weighted by atomic mass is 10.1.